The maximum atomic E-state index is 12.9. The lowest BCUT2D eigenvalue weighted by atomic mass is 10.0. The summed E-state index contributed by atoms with van der Waals surface area (Å²) < 4.78 is 12.9. The van der Waals surface area contributed by atoms with Gasteiger partial charge in [0.1, 0.15) is 5.82 Å². The van der Waals surface area contributed by atoms with E-state index in [0.717, 1.165) is 12.0 Å². The predicted molar refractivity (Wildman–Crippen MR) is 82.3 cm³/mol. The van der Waals surface area contributed by atoms with Gasteiger partial charge in [0.2, 0.25) is 0 Å². The Bertz CT molecular complexity index is 548. The molecule has 0 saturated carbocycles. The number of hydrogen-bond donors (Lipinski definition) is 1. The number of hydrogen-bond acceptors (Lipinski definition) is 1. The highest BCUT2D eigenvalue weighted by Crippen LogP contribution is 2.15. The van der Waals surface area contributed by atoms with Crippen molar-refractivity contribution in [1.82, 2.24) is 5.32 Å². The lowest BCUT2D eigenvalue weighted by Gasteiger charge is -2.21. The van der Waals surface area contributed by atoms with Crippen LogP contribution < -0.4 is 5.32 Å². The first-order valence-corrected chi connectivity index (χ1v) is 7.12. The van der Waals surface area contributed by atoms with Crippen molar-refractivity contribution in [1.29, 1.82) is 0 Å². The Morgan fingerprint density at radius 2 is 1.65 bits per heavy atom. The third kappa shape index (κ3) is 3.91. The fourth-order valence-electron chi connectivity index (χ4n) is 2.50. The second-order valence-corrected chi connectivity index (χ2v) is 5.47. The minimum absolute atomic E-state index is 0.186. The van der Waals surface area contributed by atoms with Crippen molar-refractivity contribution in [3.8, 4) is 0 Å². The topological polar surface area (TPSA) is 12.0 Å². The number of aryl methyl sites for hydroxylation is 1. The first kappa shape index (κ1) is 14.7. The Morgan fingerprint density at radius 1 is 1.00 bits per heavy atom. The summed E-state index contributed by atoms with van der Waals surface area (Å²) in [5.74, 6) is -0.186. The summed E-state index contributed by atoms with van der Waals surface area (Å²) in [5.41, 5.74) is 3.82. The third-order valence-electron chi connectivity index (χ3n) is 3.69. The number of halogens is 1. The first-order chi connectivity index (χ1) is 9.56. The van der Waals surface area contributed by atoms with E-state index in [9.17, 15) is 4.39 Å². The molecule has 2 heteroatoms. The second kappa shape index (κ2) is 6.67. The molecule has 2 rings (SSSR count). The molecule has 0 aliphatic rings. The zero-order valence-corrected chi connectivity index (χ0v) is 12.4. The highest BCUT2D eigenvalue weighted by Gasteiger charge is 2.11. The molecule has 2 atom stereocenters. The van der Waals surface area contributed by atoms with E-state index in [1.54, 1.807) is 0 Å². The van der Waals surface area contributed by atoms with E-state index >= 15 is 0 Å². The SMILES string of the molecule is Cc1ccccc1CC(C)NC(C)c1ccc(F)cc1. The molecule has 20 heavy (non-hydrogen) atoms. The molecular formula is C18H22FN. The first-order valence-electron chi connectivity index (χ1n) is 7.12. The van der Waals surface area contributed by atoms with Gasteiger partial charge >= 0.3 is 0 Å². The zero-order valence-electron chi connectivity index (χ0n) is 12.4. The summed E-state index contributed by atoms with van der Waals surface area (Å²) in [6, 6.07) is 15.8. The van der Waals surface area contributed by atoms with Crippen LogP contribution in [0.2, 0.25) is 0 Å². The Kier molecular flexibility index (Phi) is 4.91. The van der Waals surface area contributed by atoms with Crippen molar-refractivity contribution in [2.75, 3.05) is 0 Å². The van der Waals surface area contributed by atoms with Gasteiger partial charge in [0.15, 0.2) is 0 Å². The minimum atomic E-state index is -0.186. The summed E-state index contributed by atoms with van der Waals surface area (Å²) in [7, 11) is 0. The summed E-state index contributed by atoms with van der Waals surface area (Å²) in [4.78, 5) is 0. The maximum absolute atomic E-state index is 12.9. The lowest BCUT2D eigenvalue weighted by molar-refractivity contribution is 0.476. The van der Waals surface area contributed by atoms with Gasteiger partial charge in [0.25, 0.3) is 0 Å². The van der Waals surface area contributed by atoms with Crippen molar-refractivity contribution in [3.63, 3.8) is 0 Å². The molecule has 0 radical (unpaired) electrons. The quantitative estimate of drug-likeness (QED) is 0.849. The van der Waals surface area contributed by atoms with Gasteiger partial charge in [-0.3, -0.25) is 0 Å². The van der Waals surface area contributed by atoms with E-state index < -0.39 is 0 Å². The van der Waals surface area contributed by atoms with Crippen LogP contribution in [-0.2, 0) is 6.42 Å². The summed E-state index contributed by atoms with van der Waals surface area (Å²) in [6.45, 7) is 6.44. The van der Waals surface area contributed by atoms with Crippen molar-refractivity contribution < 1.29 is 4.39 Å². The van der Waals surface area contributed by atoms with Crippen LogP contribution in [0.4, 0.5) is 4.39 Å². The molecule has 2 aromatic carbocycles. The van der Waals surface area contributed by atoms with Gasteiger partial charge in [0, 0.05) is 12.1 Å². The molecule has 0 fully saturated rings. The van der Waals surface area contributed by atoms with Crippen LogP contribution in [0.3, 0.4) is 0 Å². The highest BCUT2D eigenvalue weighted by molar-refractivity contribution is 5.26. The number of nitrogens with one attached hydrogen (secondary N) is 1. The monoisotopic (exact) mass is 271 g/mol. The van der Waals surface area contributed by atoms with Gasteiger partial charge < -0.3 is 5.32 Å². The van der Waals surface area contributed by atoms with Gasteiger partial charge in [-0.25, -0.2) is 4.39 Å². The summed E-state index contributed by atoms with van der Waals surface area (Å²) >= 11 is 0. The Morgan fingerprint density at radius 3 is 2.30 bits per heavy atom. The Labute approximate surface area is 120 Å². The number of rotatable bonds is 5. The molecule has 2 unspecified atom stereocenters. The van der Waals surface area contributed by atoms with E-state index in [2.05, 4.69) is 50.4 Å². The zero-order chi connectivity index (χ0) is 14.5. The van der Waals surface area contributed by atoms with Crippen LogP contribution in [0.1, 0.15) is 36.6 Å². The van der Waals surface area contributed by atoms with E-state index in [1.165, 1.54) is 23.3 Å². The smallest absolute Gasteiger partial charge is 0.123 e. The van der Waals surface area contributed by atoms with E-state index in [0.29, 0.717) is 6.04 Å². The van der Waals surface area contributed by atoms with Gasteiger partial charge in [-0.2, -0.15) is 0 Å². The van der Waals surface area contributed by atoms with Crippen LogP contribution in [0.5, 0.6) is 0 Å². The lowest BCUT2D eigenvalue weighted by Crippen LogP contribution is -2.30. The van der Waals surface area contributed by atoms with Crippen LogP contribution >= 0.6 is 0 Å². The largest absolute Gasteiger partial charge is 0.307 e. The minimum Gasteiger partial charge on any atom is -0.307 e. The van der Waals surface area contributed by atoms with Crippen molar-refractivity contribution >= 4 is 0 Å². The molecule has 0 amide bonds. The Balaban J connectivity index is 1.96. The molecular weight excluding hydrogens is 249 g/mol. The standard InChI is InChI=1S/C18H22FN/c1-13-6-4-5-7-17(13)12-14(2)20-15(3)16-8-10-18(19)11-9-16/h4-11,14-15,20H,12H2,1-3H3. The molecule has 0 aliphatic carbocycles. The van der Waals surface area contributed by atoms with Gasteiger partial charge in [0.05, 0.1) is 0 Å². The molecule has 0 heterocycles. The molecule has 1 N–H and O–H groups in total. The molecule has 2 aromatic rings. The van der Waals surface area contributed by atoms with E-state index in [-0.39, 0.29) is 11.9 Å². The fraction of sp³-hybridized carbons (Fsp3) is 0.333. The highest BCUT2D eigenvalue weighted by atomic mass is 19.1. The van der Waals surface area contributed by atoms with Crippen LogP contribution in [0, 0.1) is 12.7 Å². The molecule has 0 spiro atoms. The number of benzene rings is 2. The van der Waals surface area contributed by atoms with Crippen molar-refractivity contribution in [3.05, 3.63) is 71.0 Å². The van der Waals surface area contributed by atoms with Gasteiger partial charge in [-0.05, 0) is 56.0 Å². The molecule has 0 aromatic heterocycles. The fourth-order valence-corrected chi connectivity index (χ4v) is 2.50. The average molecular weight is 271 g/mol. The van der Waals surface area contributed by atoms with Crippen LogP contribution in [-0.4, -0.2) is 6.04 Å². The van der Waals surface area contributed by atoms with Crippen molar-refractivity contribution in [2.24, 2.45) is 0 Å². The maximum Gasteiger partial charge on any atom is 0.123 e. The average Bonchev–Trinajstić information content (AvgIpc) is 2.42. The molecule has 0 saturated heterocycles. The Hall–Kier alpha value is -1.67. The summed E-state index contributed by atoms with van der Waals surface area (Å²) in [6.07, 6.45) is 0.998. The predicted octanol–water partition coefficient (Wildman–Crippen LogP) is 4.42. The molecule has 0 aliphatic heterocycles. The molecule has 1 nitrogen and oxygen atoms in total. The second-order valence-electron chi connectivity index (χ2n) is 5.47. The third-order valence-corrected chi connectivity index (χ3v) is 3.69. The van der Waals surface area contributed by atoms with Crippen molar-refractivity contribution in [2.45, 2.75) is 39.3 Å². The molecule has 0 bridgehead atoms. The molecule has 106 valence electrons. The van der Waals surface area contributed by atoms with E-state index in [1.807, 2.05) is 12.1 Å². The summed E-state index contributed by atoms with van der Waals surface area (Å²) in [5, 5.41) is 3.57. The van der Waals surface area contributed by atoms with Gasteiger partial charge in [-0.15, -0.1) is 0 Å². The van der Waals surface area contributed by atoms with Crippen LogP contribution in [0.15, 0.2) is 48.5 Å². The van der Waals surface area contributed by atoms with E-state index in [4.69, 9.17) is 0 Å². The normalized spacial score (nSPS) is 14.0. The van der Waals surface area contributed by atoms with Crippen LogP contribution in [0.25, 0.3) is 0 Å². The van der Waals surface area contributed by atoms with Gasteiger partial charge in [-0.1, -0.05) is 36.4 Å².